The summed E-state index contributed by atoms with van der Waals surface area (Å²) in [5.74, 6) is -0.102. The van der Waals surface area contributed by atoms with Gasteiger partial charge in [-0.15, -0.1) is 0 Å². The van der Waals surface area contributed by atoms with E-state index < -0.39 is 5.41 Å². The Balaban J connectivity index is 2.83. The first-order chi connectivity index (χ1) is 7.32. The van der Waals surface area contributed by atoms with Crippen molar-refractivity contribution >= 4 is 11.8 Å². The topological polar surface area (TPSA) is 57.6 Å². The summed E-state index contributed by atoms with van der Waals surface area (Å²) in [7, 11) is 0. The minimum absolute atomic E-state index is 0.00451. The van der Waals surface area contributed by atoms with Gasteiger partial charge >= 0.3 is 0 Å². The van der Waals surface area contributed by atoms with Gasteiger partial charge in [-0.25, -0.2) is 0 Å². The summed E-state index contributed by atoms with van der Waals surface area (Å²) in [6.07, 6.45) is 0.293. The van der Waals surface area contributed by atoms with Crippen molar-refractivity contribution in [2.45, 2.75) is 34.1 Å². The van der Waals surface area contributed by atoms with E-state index in [1.165, 1.54) is 4.90 Å². The van der Waals surface area contributed by atoms with Crippen molar-refractivity contribution in [3.63, 3.8) is 0 Å². The molecule has 4 heteroatoms. The van der Waals surface area contributed by atoms with Crippen LogP contribution in [0.3, 0.4) is 0 Å². The molecule has 1 rings (SSSR count). The van der Waals surface area contributed by atoms with Crippen molar-refractivity contribution in [3.8, 4) is 0 Å². The highest BCUT2D eigenvalue weighted by molar-refractivity contribution is 6.05. The van der Waals surface area contributed by atoms with Crippen LogP contribution in [0.25, 0.3) is 0 Å². The average Bonchev–Trinajstić information content (AvgIpc) is 2.43. The lowest BCUT2D eigenvalue weighted by atomic mass is 9.78. The Bertz CT molecular complexity index is 301. The van der Waals surface area contributed by atoms with Crippen LogP contribution >= 0.6 is 0 Å². The lowest BCUT2D eigenvalue weighted by Crippen LogP contribution is -2.39. The molecule has 4 nitrogen and oxygen atoms in total. The number of amides is 2. The maximum atomic E-state index is 12.2. The second-order valence-corrected chi connectivity index (χ2v) is 5.35. The van der Waals surface area contributed by atoms with Crippen molar-refractivity contribution in [1.29, 1.82) is 0 Å². The van der Waals surface area contributed by atoms with Crippen LogP contribution in [0.1, 0.15) is 34.1 Å². The first-order valence-corrected chi connectivity index (χ1v) is 5.78. The fourth-order valence-electron chi connectivity index (χ4n) is 1.91. The molecule has 0 spiro atoms. The van der Waals surface area contributed by atoms with E-state index in [0.717, 1.165) is 0 Å². The molecule has 0 aliphatic carbocycles. The summed E-state index contributed by atoms with van der Waals surface area (Å²) in [5, 5.41) is 8.96. The predicted octanol–water partition coefficient (Wildman–Crippen LogP) is 1.04. The van der Waals surface area contributed by atoms with Crippen LogP contribution in [0, 0.1) is 17.3 Å². The van der Waals surface area contributed by atoms with E-state index in [1.54, 1.807) is 0 Å². The minimum Gasteiger partial charge on any atom is -0.396 e. The van der Waals surface area contributed by atoms with Crippen LogP contribution in [-0.2, 0) is 9.59 Å². The molecule has 1 aliphatic rings. The van der Waals surface area contributed by atoms with Gasteiger partial charge in [0, 0.05) is 19.6 Å². The van der Waals surface area contributed by atoms with Crippen molar-refractivity contribution in [2.24, 2.45) is 17.3 Å². The summed E-state index contributed by atoms with van der Waals surface area (Å²) >= 11 is 0. The first kappa shape index (κ1) is 13.2. The second kappa shape index (κ2) is 4.53. The molecule has 2 atom stereocenters. The normalized spacial score (nSPS) is 28.0. The number of carbonyl (C=O) groups is 2. The third-order valence-corrected chi connectivity index (χ3v) is 3.63. The summed E-state index contributed by atoms with van der Waals surface area (Å²) in [4.78, 5) is 25.2. The number of likely N-dealkylation sites (tertiary alicyclic amines) is 1. The lowest BCUT2D eigenvalue weighted by molar-refractivity contribution is -0.142. The molecule has 16 heavy (non-hydrogen) atoms. The molecule has 1 heterocycles. The molecule has 1 fully saturated rings. The van der Waals surface area contributed by atoms with Gasteiger partial charge in [0.25, 0.3) is 0 Å². The number of hydrogen-bond donors (Lipinski definition) is 1. The van der Waals surface area contributed by atoms with E-state index in [2.05, 4.69) is 0 Å². The van der Waals surface area contributed by atoms with Gasteiger partial charge in [-0.1, -0.05) is 20.8 Å². The standard InChI is InChI=1S/C12H21NO3/c1-8(2)12(4)5-10(15)13(11(12)16)6-9(3)7-14/h8-9,14H,5-7H2,1-4H3. The number of imide groups is 1. The minimum atomic E-state index is -0.563. The molecule has 0 bridgehead atoms. The van der Waals surface area contributed by atoms with Gasteiger partial charge in [0.15, 0.2) is 0 Å². The quantitative estimate of drug-likeness (QED) is 0.730. The van der Waals surface area contributed by atoms with E-state index in [0.29, 0.717) is 13.0 Å². The number of nitrogens with zero attached hydrogens (tertiary/aromatic N) is 1. The Morgan fingerprint density at radius 2 is 1.94 bits per heavy atom. The Morgan fingerprint density at radius 3 is 2.31 bits per heavy atom. The molecule has 2 amide bonds. The Kier molecular flexibility index (Phi) is 3.73. The lowest BCUT2D eigenvalue weighted by Gasteiger charge is -2.26. The molecule has 0 aromatic carbocycles. The smallest absolute Gasteiger partial charge is 0.235 e. The molecule has 1 saturated heterocycles. The Morgan fingerprint density at radius 1 is 1.38 bits per heavy atom. The molecular weight excluding hydrogens is 206 g/mol. The van der Waals surface area contributed by atoms with Gasteiger partial charge in [0.1, 0.15) is 0 Å². The van der Waals surface area contributed by atoms with E-state index in [4.69, 9.17) is 5.11 Å². The summed E-state index contributed by atoms with van der Waals surface area (Å²) in [6, 6.07) is 0. The third-order valence-electron chi connectivity index (χ3n) is 3.63. The maximum Gasteiger partial charge on any atom is 0.235 e. The SMILES string of the molecule is CC(CO)CN1C(=O)CC(C)(C(C)C)C1=O. The average molecular weight is 227 g/mol. The zero-order chi connectivity index (χ0) is 12.5. The van der Waals surface area contributed by atoms with Crippen LogP contribution in [0.5, 0.6) is 0 Å². The van der Waals surface area contributed by atoms with Crippen LogP contribution in [0.2, 0.25) is 0 Å². The molecule has 1 aliphatic heterocycles. The van der Waals surface area contributed by atoms with E-state index >= 15 is 0 Å². The van der Waals surface area contributed by atoms with Crippen LogP contribution in [0.4, 0.5) is 0 Å². The van der Waals surface area contributed by atoms with E-state index in [9.17, 15) is 9.59 Å². The number of hydrogen-bond acceptors (Lipinski definition) is 3. The fourth-order valence-corrected chi connectivity index (χ4v) is 1.91. The van der Waals surface area contributed by atoms with Crippen LogP contribution in [0.15, 0.2) is 0 Å². The Hall–Kier alpha value is -0.900. The van der Waals surface area contributed by atoms with Gasteiger partial charge in [0.05, 0.1) is 5.41 Å². The van der Waals surface area contributed by atoms with E-state index in [-0.39, 0.29) is 30.3 Å². The summed E-state index contributed by atoms with van der Waals surface area (Å²) in [6.45, 7) is 7.92. The van der Waals surface area contributed by atoms with Crippen LogP contribution in [-0.4, -0.2) is 35.0 Å². The summed E-state index contributed by atoms with van der Waals surface area (Å²) in [5.41, 5.74) is -0.563. The highest BCUT2D eigenvalue weighted by atomic mass is 16.3. The molecule has 92 valence electrons. The monoisotopic (exact) mass is 227 g/mol. The zero-order valence-electron chi connectivity index (χ0n) is 10.5. The second-order valence-electron chi connectivity index (χ2n) is 5.35. The predicted molar refractivity (Wildman–Crippen MR) is 60.5 cm³/mol. The maximum absolute atomic E-state index is 12.2. The molecule has 1 N–H and O–H groups in total. The molecule has 0 radical (unpaired) electrons. The van der Waals surface area contributed by atoms with Gasteiger partial charge in [-0.2, -0.15) is 0 Å². The van der Waals surface area contributed by atoms with Crippen molar-refractivity contribution in [1.82, 2.24) is 4.90 Å². The van der Waals surface area contributed by atoms with Gasteiger partial charge in [-0.05, 0) is 18.8 Å². The van der Waals surface area contributed by atoms with Crippen molar-refractivity contribution < 1.29 is 14.7 Å². The third kappa shape index (κ3) is 2.12. The van der Waals surface area contributed by atoms with Gasteiger partial charge in [0.2, 0.25) is 11.8 Å². The van der Waals surface area contributed by atoms with Crippen LogP contribution < -0.4 is 0 Å². The van der Waals surface area contributed by atoms with Crippen molar-refractivity contribution in [2.75, 3.05) is 13.2 Å². The number of aliphatic hydroxyl groups is 1. The van der Waals surface area contributed by atoms with E-state index in [1.807, 2.05) is 27.7 Å². The highest BCUT2D eigenvalue weighted by Gasteiger charge is 2.49. The Labute approximate surface area is 96.6 Å². The highest BCUT2D eigenvalue weighted by Crippen LogP contribution is 2.39. The molecule has 0 aromatic heterocycles. The zero-order valence-corrected chi connectivity index (χ0v) is 10.5. The molecular formula is C12H21NO3. The number of rotatable bonds is 4. The van der Waals surface area contributed by atoms with Gasteiger partial charge in [-0.3, -0.25) is 14.5 Å². The molecule has 2 unspecified atom stereocenters. The number of carbonyl (C=O) groups excluding carboxylic acids is 2. The largest absolute Gasteiger partial charge is 0.396 e. The fraction of sp³-hybridized carbons (Fsp3) is 0.833. The summed E-state index contributed by atoms with van der Waals surface area (Å²) < 4.78 is 0. The molecule has 0 aromatic rings. The first-order valence-electron chi connectivity index (χ1n) is 5.78. The number of aliphatic hydroxyl groups excluding tert-OH is 1. The molecule has 0 saturated carbocycles. The van der Waals surface area contributed by atoms with Crippen molar-refractivity contribution in [3.05, 3.63) is 0 Å². The van der Waals surface area contributed by atoms with Gasteiger partial charge < -0.3 is 5.11 Å².